The van der Waals surface area contributed by atoms with Gasteiger partial charge in [0.1, 0.15) is 11.6 Å². The first-order valence-electron chi connectivity index (χ1n) is 8.33. The van der Waals surface area contributed by atoms with Gasteiger partial charge in [0.15, 0.2) is 5.11 Å². The van der Waals surface area contributed by atoms with Crippen LogP contribution in [0.4, 0.5) is 10.1 Å². The fourth-order valence-electron chi connectivity index (χ4n) is 2.22. The van der Waals surface area contributed by atoms with E-state index in [1.807, 2.05) is 6.07 Å². The summed E-state index contributed by atoms with van der Waals surface area (Å²) in [4.78, 5) is 12.0. The molecule has 0 aliphatic rings. The minimum atomic E-state index is -0.416. The van der Waals surface area contributed by atoms with E-state index in [9.17, 15) is 9.18 Å². The molecule has 0 bridgehead atoms. The highest BCUT2D eigenvalue weighted by molar-refractivity contribution is 7.80. The van der Waals surface area contributed by atoms with E-state index in [1.165, 1.54) is 12.1 Å². The summed E-state index contributed by atoms with van der Waals surface area (Å²) in [6, 6.07) is 21.5. The number of nitrogens with one attached hydrogen (secondary N) is 2. The number of esters is 1. The molecule has 0 atom stereocenters. The van der Waals surface area contributed by atoms with Crippen LogP contribution < -0.4 is 15.5 Å². The molecule has 0 saturated heterocycles. The Balaban J connectivity index is 1.50. The van der Waals surface area contributed by atoms with Crippen molar-refractivity contribution in [1.82, 2.24) is 5.43 Å². The van der Waals surface area contributed by atoms with Gasteiger partial charge in [-0.25, -0.2) is 9.18 Å². The maximum Gasteiger partial charge on any atom is 0.343 e. The summed E-state index contributed by atoms with van der Waals surface area (Å²) in [6.45, 7) is 0. The molecule has 0 aliphatic carbocycles. The molecule has 3 aromatic carbocycles. The van der Waals surface area contributed by atoms with Gasteiger partial charge in [-0.2, -0.15) is 5.10 Å². The molecular weight excluding hydrogens is 377 g/mol. The maximum atomic E-state index is 12.9. The first-order valence-corrected chi connectivity index (χ1v) is 8.74. The monoisotopic (exact) mass is 393 g/mol. The molecule has 0 fully saturated rings. The fraction of sp³-hybridized carbons (Fsp3) is 0. The van der Waals surface area contributed by atoms with Gasteiger partial charge in [-0.15, -0.1) is 0 Å². The van der Waals surface area contributed by atoms with Crippen molar-refractivity contribution in [3.63, 3.8) is 0 Å². The molecule has 0 saturated carbocycles. The molecule has 0 unspecified atom stereocenters. The highest BCUT2D eigenvalue weighted by Crippen LogP contribution is 2.13. The zero-order chi connectivity index (χ0) is 19.8. The average Bonchev–Trinajstić information content (AvgIpc) is 2.72. The zero-order valence-corrected chi connectivity index (χ0v) is 15.4. The van der Waals surface area contributed by atoms with Gasteiger partial charge < -0.3 is 10.1 Å². The average molecular weight is 393 g/mol. The summed E-state index contributed by atoms with van der Waals surface area (Å²) in [7, 11) is 0. The Kier molecular flexibility index (Phi) is 6.43. The van der Waals surface area contributed by atoms with Crippen LogP contribution in [0.5, 0.6) is 5.75 Å². The lowest BCUT2D eigenvalue weighted by Gasteiger charge is -2.06. The largest absolute Gasteiger partial charge is 0.423 e. The minimum Gasteiger partial charge on any atom is -0.423 e. The molecule has 0 aromatic heterocycles. The van der Waals surface area contributed by atoms with Crippen molar-refractivity contribution in [3.05, 3.63) is 95.8 Å². The number of thiocarbonyl (C=S) groups is 1. The second kappa shape index (κ2) is 9.38. The van der Waals surface area contributed by atoms with Gasteiger partial charge in [-0.05, 0) is 78.4 Å². The number of anilines is 1. The normalized spacial score (nSPS) is 10.5. The number of halogens is 1. The zero-order valence-electron chi connectivity index (χ0n) is 14.6. The number of hydrazone groups is 1. The minimum absolute atomic E-state index is 0.274. The molecule has 28 heavy (non-hydrogen) atoms. The Morgan fingerprint density at radius 3 is 2.32 bits per heavy atom. The number of hydrogen-bond acceptors (Lipinski definition) is 4. The van der Waals surface area contributed by atoms with E-state index in [0.717, 1.165) is 5.56 Å². The van der Waals surface area contributed by atoms with Crippen LogP contribution in [0.15, 0.2) is 84.0 Å². The van der Waals surface area contributed by atoms with Crippen LogP contribution in [0.25, 0.3) is 0 Å². The van der Waals surface area contributed by atoms with Crippen LogP contribution in [-0.4, -0.2) is 17.3 Å². The third-order valence-electron chi connectivity index (χ3n) is 3.58. The molecule has 0 aliphatic heterocycles. The van der Waals surface area contributed by atoms with Crippen LogP contribution in [0.1, 0.15) is 15.9 Å². The van der Waals surface area contributed by atoms with E-state index in [0.29, 0.717) is 17.0 Å². The summed E-state index contributed by atoms with van der Waals surface area (Å²) in [6.07, 6.45) is 1.57. The molecule has 5 nitrogen and oxygen atoms in total. The van der Waals surface area contributed by atoms with Crippen LogP contribution in [0, 0.1) is 5.82 Å². The lowest BCUT2D eigenvalue weighted by Crippen LogP contribution is -2.23. The van der Waals surface area contributed by atoms with Crippen molar-refractivity contribution < 1.29 is 13.9 Å². The van der Waals surface area contributed by atoms with E-state index in [1.54, 1.807) is 66.9 Å². The van der Waals surface area contributed by atoms with Gasteiger partial charge in [0, 0.05) is 5.69 Å². The number of rotatable bonds is 5. The van der Waals surface area contributed by atoms with E-state index >= 15 is 0 Å². The van der Waals surface area contributed by atoms with Crippen LogP contribution >= 0.6 is 12.2 Å². The number of benzene rings is 3. The van der Waals surface area contributed by atoms with Crippen molar-refractivity contribution >= 4 is 35.2 Å². The summed E-state index contributed by atoms with van der Waals surface area (Å²) in [5.74, 6) is -0.297. The van der Waals surface area contributed by atoms with Crippen molar-refractivity contribution in [3.8, 4) is 5.75 Å². The Hall–Kier alpha value is -3.58. The Bertz CT molecular complexity index is 975. The molecular formula is C21H16FN3O2S. The topological polar surface area (TPSA) is 62.7 Å². The van der Waals surface area contributed by atoms with Gasteiger partial charge in [-0.1, -0.05) is 18.2 Å². The molecule has 3 rings (SSSR count). The van der Waals surface area contributed by atoms with Gasteiger partial charge in [0.2, 0.25) is 0 Å². The number of hydrogen-bond donors (Lipinski definition) is 2. The van der Waals surface area contributed by atoms with E-state index < -0.39 is 5.97 Å². The number of ether oxygens (including phenoxy) is 1. The first-order chi connectivity index (χ1) is 13.6. The molecule has 2 N–H and O–H groups in total. The van der Waals surface area contributed by atoms with E-state index in [4.69, 9.17) is 17.0 Å². The summed E-state index contributed by atoms with van der Waals surface area (Å²) in [5, 5.41) is 7.19. The van der Waals surface area contributed by atoms with Crippen molar-refractivity contribution in [2.75, 3.05) is 5.32 Å². The van der Waals surface area contributed by atoms with Gasteiger partial charge in [0.25, 0.3) is 0 Å². The first kappa shape index (κ1) is 19.2. The lowest BCUT2D eigenvalue weighted by atomic mass is 10.2. The fourth-order valence-corrected chi connectivity index (χ4v) is 2.39. The predicted octanol–water partition coefficient (Wildman–Crippen LogP) is 4.37. The second-order valence-corrected chi connectivity index (χ2v) is 6.06. The van der Waals surface area contributed by atoms with Crippen molar-refractivity contribution in [2.24, 2.45) is 5.10 Å². The summed E-state index contributed by atoms with van der Waals surface area (Å²) < 4.78 is 18.2. The molecule has 0 spiro atoms. The van der Waals surface area contributed by atoms with Crippen LogP contribution in [0.3, 0.4) is 0 Å². The van der Waals surface area contributed by atoms with Crippen LogP contribution in [0.2, 0.25) is 0 Å². The maximum absolute atomic E-state index is 12.9. The van der Waals surface area contributed by atoms with Crippen LogP contribution in [-0.2, 0) is 0 Å². The Morgan fingerprint density at radius 2 is 1.64 bits per heavy atom. The molecule has 0 radical (unpaired) electrons. The highest BCUT2D eigenvalue weighted by atomic mass is 32.1. The molecule has 3 aromatic rings. The van der Waals surface area contributed by atoms with Crippen molar-refractivity contribution in [2.45, 2.75) is 0 Å². The molecule has 7 heteroatoms. The number of nitrogens with zero attached hydrogens (tertiary/aromatic N) is 1. The van der Waals surface area contributed by atoms with Crippen molar-refractivity contribution in [1.29, 1.82) is 0 Å². The third-order valence-corrected chi connectivity index (χ3v) is 3.78. The van der Waals surface area contributed by atoms with E-state index in [-0.39, 0.29) is 10.9 Å². The highest BCUT2D eigenvalue weighted by Gasteiger charge is 2.07. The van der Waals surface area contributed by atoms with Gasteiger partial charge in [0.05, 0.1) is 11.8 Å². The van der Waals surface area contributed by atoms with Gasteiger partial charge in [-0.3, -0.25) is 5.43 Å². The Labute approximate surface area is 166 Å². The molecule has 0 heterocycles. The van der Waals surface area contributed by atoms with Gasteiger partial charge >= 0.3 is 5.97 Å². The second-order valence-electron chi connectivity index (χ2n) is 5.66. The smallest absolute Gasteiger partial charge is 0.343 e. The lowest BCUT2D eigenvalue weighted by molar-refractivity contribution is 0.0735. The molecule has 0 amide bonds. The Morgan fingerprint density at radius 1 is 0.964 bits per heavy atom. The number of carbonyl (C=O) groups excluding carboxylic acids is 1. The summed E-state index contributed by atoms with van der Waals surface area (Å²) in [5.41, 5.74) is 4.60. The standard InChI is InChI=1S/C21H16FN3O2S/c22-17-8-10-18(11-9-17)24-21(28)25-23-14-15-6-12-19(13-7-15)27-20(26)16-4-2-1-3-5-16/h1-14H,(H2,24,25,28)/b23-14+. The summed E-state index contributed by atoms with van der Waals surface area (Å²) >= 11 is 5.11. The number of carbonyl (C=O) groups is 1. The quantitative estimate of drug-likeness (QED) is 0.222. The molecule has 140 valence electrons. The predicted molar refractivity (Wildman–Crippen MR) is 111 cm³/mol. The SMILES string of the molecule is O=C(Oc1ccc(/C=N/NC(=S)Nc2ccc(F)cc2)cc1)c1ccccc1. The third kappa shape index (κ3) is 5.72. The van der Waals surface area contributed by atoms with E-state index in [2.05, 4.69) is 15.8 Å².